The molecule has 0 fully saturated rings. The van der Waals surface area contributed by atoms with Crippen LogP contribution in [0.15, 0.2) is 28.5 Å². The van der Waals surface area contributed by atoms with Crippen molar-refractivity contribution in [2.75, 3.05) is 6.54 Å². The fourth-order valence-corrected chi connectivity index (χ4v) is 4.84. The second-order valence-electron chi connectivity index (χ2n) is 4.37. The van der Waals surface area contributed by atoms with Gasteiger partial charge in [0.2, 0.25) is 10.0 Å². The van der Waals surface area contributed by atoms with E-state index >= 15 is 0 Å². The van der Waals surface area contributed by atoms with E-state index in [0.29, 0.717) is 18.0 Å². The van der Waals surface area contributed by atoms with Crippen molar-refractivity contribution in [1.82, 2.24) is 10.0 Å². The van der Waals surface area contributed by atoms with Crippen LogP contribution in [0, 0.1) is 6.92 Å². The molecule has 0 spiro atoms. The molecule has 0 aliphatic rings. The molecule has 110 valence electrons. The molecule has 0 aliphatic carbocycles. The van der Waals surface area contributed by atoms with Gasteiger partial charge in [0, 0.05) is 33.1 Å². The highest BCUT2D eigenvalue weighted by molar-refractivity contribution is 7.89. The van der Waals surface area contributed by atoms with Gasteiger partial charge in [-0.15, -0.1) is 22.7 Å². The highest BCUT2D eigenvalue weighted by atomic mass is 32.2. The molecule has 0 saturated heterocycles. The monoisotopic (exact) mass is 330 g/mol. The number of rotatable bonds is 7. The first-order chi connectivity index (χ1) is 9.51. The first-order valence-electron chi connectivity index (χ1n) is 6.34. The molecule has 4 nitrogen and oxygen atoms in total. The number of nitrogens with one attached hydrogen (secondary N) is 2. The van der Waals surface area contributed by atoms with E-state index in [2.05, 4.69) is 10.0 Å². The van der Waals surface area contributed by atoms with Crippen molar-refractivity contribution >= 4 is 32.7 Å². The zero-order chi connectivity index (χ0) is 14.6. The van der Waals surface area contributed by atoms with Crippen molar-refractivity contribution in [3.05, 3.63) is 38.2 Å². The zero-order valence-corrected chi connectivity index (χ0v) is 13.9. The third-order valence-electron chi connectivity index (χ3n) is 2.72. The average molecular weight is 330 g/mol. The Labute approximate surface area is 127 Å². The Bertz CT molecular complexity index is 659. The van der Waals surface area contributed by atoms with Gasteiger partial charge < -0.3 is 5.32 Å². The summed E-state index contributed by atoms with van der Waals surface area (Å²) in [6.07, 6.45) is 0. The SMILES string of the molecule is CCNCc1cc(S(=O)(=O)NCc2ccc(C)s2)cs1. The molecule has 2 N–H and O–H groups in total. The van der Waals surface area contributed by atoms with Crippen LogP contribution in [0.2, 0.25) is 0 Å². The van der Waals surface area contributed by atoms with Crippen molar-refractivity contribution in [1.29, 1.82) is 0 Å². The molecule has 7 heteroatoms. The number of hydrogen-bond donors (Lipinski definition) is 2. The Kier molecular flexibility index (Phi) is 5.34. The summed E-state index contributed by atoms with van der Waals surface area (Å²) in [5.74, 6) is 0. The van der Waals surface area contributed by atoms with E-state index in [-0.39, 0.29) is 0 Å². The van der Waals surface area contributed by atoms with E-state index in [0.717, 1.165) is 16.3 Å². The summed E-state index contributed by atoms with van der Waals surface area (Å²) >= 11 is 3.07. The van der Waals surface area contributed by atoms with Gasteiger partial charge in [0.05, 0.1) is 4.90 Å². The van der Waals surface area contributed by atoms with Crippen LogP contribution < -0.4 is 10.0 Å². The predicted octanol–water partition coefficient (Wildman–Crippen LogP) is 2.71. The van der Waals surface area contributed by atoms with Gasteiger partial charge in [-0.3, -0.25) is 0 Å². The minimum Gasteiger partial charge on any atom is -0.312 e. The second-order valence-corrected chi connectivity index (χ2v) is 8.50. The summed E-state index contributed by atoms with van der Waals surface area (Å²) in [6.45, 7) is 5.96. The molecule has 0 unspecified atom stereocenters. The third-order valence-corrected chi connectivity index (χ3v) is 6.19. The molecule has 0 saturated carbocycles. The quantitative estimate of drug-likeness (QED) is 0.821. The summed E-state index contributed by atoms with van der Waals surface area (Å²) < 4.78 is 27.0. The molecule has 0 atom stereocenters. The van der Waals surface area contributed by atoms with Crippen LogP contribution in [0.5, 0.6) is 0 Å². The first-order valence-corrected chi connectivity index (χ1v) is 9.52. The van der Waals surface area contributed by atoms with Crippen molar-refractivity contribution in [3.8, 4) is 0 Å². The molecule has 20 heavy (non-hydrogen) atoms. The summed E-state index contributed by atoms with van der Waals surface area (Å²) in [6, 6.07) is 5.68. The van der Waals surface area contributed by atoms with Crippen molar-refractivity contribution in [2.24, 2.45) is 0 Å². The molecular weight excluding hydrogens is 312 g/mol. The van der Waals surface area contributed by atoms with Gasteiger partial charge in [0.25, 0.3) is 0 Å². The molecule has 0 aromatic carbocycles. The molecule has 0 amide bonds. The maximum Gasteiger partial charge on any atom is 0.241 e. The number of sulfonamides is 1. The lowest BCUT2D eigenvalue weighted by Crippen LogP contribution is -2.22. The summed E-state index contributed by atoms with van der Waals surface area (Å²) in [4.78, 5) is 3.58. The van der Waals surface area contributed by atoms with Crippen LogP contribution in [0.1, 0.15) is 21.6 Å². The van der Waals surface area contributed by atoms with Crippen LogP contribution in [-0.4, -0.2) is 15.0 Å². The standard InChI is InChI=1S/C13H18N2O2S3/c1-3-14-7-12-6-13(9-18-12)20(16,17)15-8-11-5-4-10(2)19-11/h4-6,9,14-15H,3,7-8H2,1-2H3. The van der Waals surface area contributed by atoms with E-state index < -0.39 is 10.0 Å². The molecule has 2 aromatic rings. The molecule has 2 aromatic heterocycles. The van der Waals surface area contributed by atoms with Gasteiger partial charge in [0.1, 0.15) is 0 Å². The normalized spacial score (nSPS) is 11.9. The van der Waals surface area contributed by atoms with Crippen molar-refractivity contribution in [3.63, 3.8) is 0 Å². The van der Waals surface area contributed by atoms with E-state index in [1.807, 2.05) is 26.0 Å². The zero-order valence-electron chi connectivity index (χ0n) is 11.5. The highest BCUT2D eigenvalue weighted by Crippen LogP contribution is 2.20. The second kappa shape index (κ2) is 6.82. The van der Waals surface area contributed by atoms with Crippen molar-refractivity contribution in [2.45, 2.75) is 31.8 Å². The summed E-state index contributed by atoms with van der Waals surface area (Å²) in [5, 5.41) is 4.88. The van der Waals surface area contributed by atoms with E-state index in [1.165, 1.54) is 16.2 Å². The fraction of sp³-hybridized carbons (Fsp3) is 0.385. The lowest BCUT2D eigenvalue weighted by atomic mass is 10.4. The Morgan fingerprint density at radius 2 is 2.00 bits per heavy atom. The molecule has 2 heterocycles. The van der Waals surface area contributed by atoms with Crippen LogP contribution in [0.3, 0.4) is 0 Å². The number of thiophene rings is 2. The Hall–Kier alpha value is -0.730. The average Bonchev–Trinajstić information content (AvgIpc) is 3.03. The molecule has 0 radical (unpaired) electrons. The molecular formula is C13H18N2O2S3. The van der Waals surface area contributed by atoms with Gasteiger partial charge >= 0.3 is 0 Å². The summed E-state index contributed by atoms with van der Waals surface area (Å²) in [5.41, 5.74) is 0. The first kappa shape index (κ1) is 15.7. The van der Waals surface area contributed by atoms with E-state index in [9.17, 15) is 8.42 Å². The largest absolute Gasteiger partial charge is 0.312 e. The smallest absolute Gasteiger partial charge is 0.241 e. The topological polar surface area (TPSA) is 58.2 Å². The van der Waals surface area contributed by atoms with Gasteiger partial charge in [-0.2, -0.15) is 0 Å². The minimum atomic E-state index is -3.41. The predicted molar refractivity (Wildman–Crippen MR) is 84.8 cm³/mol. The van der Waals surface area contributed by atoms with Crippen molar-refractivity contribution < 1.29 is 8.42 Å². The Balaban J connectivity index is 2.00. The maximum absolute atomic E-state index is 12.2. The van der Waals surface area contributed by atoms with Crippen LogP contribution in [-0.2, 0) is 23.1 Å². The number of aryl methyl sites for hydroxylation is 1. The van der Waals surface area contributed by atoms with Gasteiger partial charge in [-0.25, -0.2) is 13.1 Å². The van der Waals surface area contributed by atoms with Gasteiger partial charge in [-0.1, -0.05) is 6.92 Å². The third kappa shape index (κ3) is 4.13. The van der Waals surface area contributed by atoms with Crippen LogP contribution in [0.25, 0.3) is 0 Å². The molecule has 2 rings (SSSR count). The lowest BCUT2D eigenvalue weighted by molar-refractivity contribution is 0.582. The number of hydrogen-bond acceptors (Lipinski definition) is 5. The molecule has 0 aliphatic heterocycles. The van der Waals surface area contributed by atoms with Crippen LogP contribution in [0.4, 0.5) is 0 Å². The minimum absolute atomic E-state index is 0.346. The van der Waals surface area contributed by atoms with Crippen LogP contribution >= 0.6 is 22.7 Å². The Morgan fingerprint density at radius 3 is 2.65 bits per heavy atom. The lowest BCUT2D eigenvalue weighted by Gasteiger charge is -2.03. The van der Waals surface area contributed by atoms with E-state index in [1.54, 1.807) is 22.8 Å². The molecule has 0 bridgehead atoms. The summed E-state index contributed by atoms with van der Waals surface area (Å²) in [7, 11) is -3.41. The Morgan fingerprint density at radius 1 is 1.20 bits per heavy atom. The maximum atomic E-state index is 12.2. The highest BCUT2D eigenvalue weighted by Gasteiger charge is 2.16. The van der Waals surface area contributed by atoms with E-state index in [4.69, 9.17) is 0 Å². The fourth-order valence-electron chi connectivity index (χ4n) is 1.67. The van der Waals surface area contributed by atoms with Gasteiger partial charge in [-0.05, 0) is 31.7 Å². The van der Waals surface area contributed by atoms with Gasteiger partial charge in [0.15, 0.2) is 0 Å².